The third-order valence-electron chi connectivity index (χ3n) is 3.72. The summed E-state index contributed by atoms with van der Waals surface area (Å²) >= 11 is 5.87. The van der Waals surface area contributed by atoms with Crippen molar-refractivity contribution in [2.24, 2.45) is 0 Å². The van der Waals surface area contributed by atoms with E-state index in [0.29, 0.717) is 22.9 Å². The Kier molecular flexibility index (Phi) is 5.71. The molecule has 0 aliphatic rings. The number of aromatic amines is 1. The smallest absolute Gasteiger partial charge is 0.395 e. The zero-order valence-corrected chi connectivity index (χ0v) is 15.1. The van der Waals surface area contributed by atoms with Crippen molar-refractivity contribution in [2.75, 3.05) is 0 Å². The van der Waals surface area contributed by atoms with Gasteiger partial charge < -0.3 is 14.8 Å². The van der Waals surface area contributed by atoms with Crippen LogP contribution in [0.5, 0.6) is 11.6 Å². The van der Waals surface area contributed by atoms with Gasteiger partial charge >= 0.3 is 11.2 Å². The first kappa shape index (κ1) is 19.1. The molecule has 0 spiro atoms. The Morgan fingerprint density at radius 2 is 1.89 bits per heavy atom. The maximum atomic E-state index is 11.7. The van der Waals surface area contributed by atoms with E-state index in [0.717, 1.165) is 5.56 Å². The number of hydrogen-bond donors (Lipinski definition) is 2. The fraction of sp³-hybridized carbons (Fsp3) is 0.0526. The minimum atomic E-state index is -1.04. The molecule has 0 saturated carbocycles. The second-order valence-electron chi connectivity index (χ2n) is 5.67. The van der Waals surface area contributed by atoms with Gasteiger partial charge in [-0.05, 0) is 35.9 Å². The minimum absolute atomic E-state index is 0.0272. The van der Waals surface area contributed by atoms with Gasteiger partial charge in [0.25, 0.3) is 5.88 Å². The van der Waals surface area contributed by atoms with Gasteiger partial charge in [-0.1, -0.05) is 41.9 Å². The number of hydrogen-bond acceptors (Lipinski definition) is 6. The molecule has 0 atom stereocenters. The average Bonchev–Trinajstić information content (AvgIpc) is 2.66. The van der Waals surface area contributed by atoms with Gasteiger partial charge in [-0.3, -0.25) is 14.9 Å². The second kappa shape index (κ2) is 8.36. The van der Waals surface area contributed by atoms with E-state index in [9.17, 15) is 20.0 Å². The molecule has 0 aliphatic carbocycles. The van der Waals surface area contributed by atoms with Crippen molar-refractivity contribution >= 4 is 29.4 Å². The second-order valence-corrected chi connectivity index (χ2v) is 6.10. The van der Waals surface area contributed by atoms with E-state index >= 15 is 0 Å². The average molecular weight is 400 g/mol. The van der Waals surface area contributed by atoms with Crippen molar-refractivity contribution in [1.29, 1.82) is 0 Å². The van der Waals surface area contributed by atoms with Crippen LogP contribution in [-0.4, -0.2) is 20.0 Å². The fourth-order valence-electron chi connectivity index (χ4n) is 2.38. The zero-order valence-electron chi connectivity index (χ0n) is 14.3. The summed E-state index contributed by atoms with van der Waals surface area (Å²) in [5, 5.41) is 21.0. The highest BCUT2D eigenvalue weighted by Crippen LogP contribution is 2.23. The lowest BCUT2D eigenvalue weighted by Gasteiger charge is -2.09. The number of H-pyrrole nitrogens is 1. The highest BCUT2D eigenvalue weighted by atomic mass is 35.5. The SMILES string of the molecule is O=c1[nH]c(/C=C\c2ccccc2OCc2ccc(Cl)cc2)nc(O)c1[N+](=O)[O-]. The number of ether oxygens (including phenoxy) is 1. The molecule has 28 heavy (non-hydrogen) atoms. The summed E-state index contributed by atoms with van der Waals surface area (Å²) in [6, 6.07) is 14.4. The number of rotatable bonds is 6. The third-order valence-corrected chi connectivity index (χ3v) is 3.98. The molecule has 8 nitrogen and oxygen atoms in total. The Morgan fingerprint density at radius 1 is 1.18 bits per heavy atom. The molecule has 142 valence electrons. The van der Waals surface area contributed by atoms with Crippen molar-refractivity contribution in [3.8, 4) is 11.6 Å². The van der Waals surface area contributed by atoms with Gasteiger partial charge in [-0.25, -0.2) is 0 Å². The van der Waals surface area contributed by atoms with Crippen LogP contribution in [-0.2, 0) is 6.61 Å². The van der Waals surface area contributed by atoms with Gasteiger partial charge in [-0.2, -0.15) is 4.98 Å². The fourth-order valence-corrected chi connectivity index (χ4v) is 2.50. The normalized spacial score (nSPS) is 10.9. The standard InChI is InChI=1S/C19H14ClN3O5/c20-14-8-5-12(6-9-14)11-28-15-4-2-1-3-13(15)7-10-16-21-18(24)17(23(26)27)19(25)22-16/h1-10H,11H2,(H2,21,22,24,25)/b10-7-. The molecule has 0 radical (unpaired) electrons. The van der Waals surface area contributed by atoms with Crippen LogP contribution in [0.4, 0.5) is 5.69 Å². The molecule has 2 N–H and O–H groups in total. The van der Waals surface area contributed by atoms with E-state index in [-0.39, 0.29) is 5.82 Å². The molecule has 0 amide bonds. The van der Waals surface area contributed by atoms with Crippen molar-refractivity contribution in [3.63, 3.8) is 0 Å². The number of aromatic hydroxyl groups is 1. The monoisotopic (exact) mass is 399 g/mol. The van der Waals surface area contributed by atoms with Crippen molar-refractivity contribution in [1.82, 2.24) is 9.97 Å². The number of aromatic nitrogens is 2. The van der Waals surface area contributed by atoms with Crippen LogP contribution in [0.1, 0.15) is 17.0 Å². The van der Waals surface area contributed by atoms with Crippen LogP contribution < -0.4 is 10.3 Å². The topological polar surface area (TPSA) is 118 Å². The van der Waals surface area contributed by atoms with Crippen LogP contribution in [0.25, 0.3) is 12.2 Å². The predicted molar refractivity (Wildman–Crippen MR) is 104 cm³/mol. The molecule has 1 aromatic heterocycles. The lowest BCUT2D eigenvalue weighted by molar-refractivity contribution is -0.387. The van der Waals surface area contributed by atoms with E-state index in [1.807, 2.05) is 18.2 Å². The molecule has 9 heteroatoms. The first-order valence-electron chi connectivity index (χ1n) is 8.06. The maximum absolute atomic E-state index is 11.7. The van der Waals surface area contributed by atoms with E-state index in [4.69, 9.17) is 16.3 Å². The molecule has 2 aromatic carbocycles. The molecule has 1 heterocycles. The number of nitro groups is 1. The summed E-state index contributed by atoms with van der Waals surface area (Å²) in [4.78, 5) is 27.3. The number of nitrogens with one attached hydrogen (secondary N) is 1. The van der Waals surface area contributed by atoms with Crippen molar-refractivity contribution in [3.05, 3.63) is 91.0 Å². The number of benzene rings is 2. The molecule has 0 aliphatic heterocycles. The lowest BCUT2D eigenvalue weighted by Crippen LogP contribution is -2.14. The maximum Gasteiger partial charge on any atom is 0.395 e. The molecule has 3 aromatic rings. The molecule has 0 unspecified atom stereocenters. The molecule has 0 bridgehead atoms. The summed E-state index contributed by atoms with van der Waals surface area (Å²) in [6.45, 7) is 0.329. The number of nitrogens with zero attached hydrogens (tertiary/aromatic N) is 2. The van der Waals surface area contributed by atoms with Crippen LogP contribution >= 0.6 is 11.6 Å². The quantitative estimate of drug-likeness (QED) is 0.481. The van der Waals surface area contributed by atoms with Crippen LogP contribution in [0.15, 0.2) is 53.3 Å². The van der Waals surface area contributed by atoms with Crippen LogP contribution in [0, 0.1) is 10.1 Å². The first-order valence-corrected chi connectivity index (χ1v) is 8.44. The largest absolute Gasteiger partial charge is 0.488 e. The van der Waals surface area contributed by atoms with E-state index in [2.05, 4.69) is 9.97 Å². The van der Waals surface area contributed by atoms with Crippen LogP contribution in [0.2, 0.25) is 5.02 Å². The summed E-state index contributed by atoms with van der Waals surface area (Å²) < 4.78 is 5.82. The summed E-state index contributed by atoms with van der Waals surface area (Å²) in [5.41, 5.74) is -0.403. The summed E-state index contributed by atoms with van der Waals surface area (Å²) in [7, 11) is 0. The van der Waals surface area contributed by atoms with Gasteiger partial charge in [0.1, 0.15) is 18.2 Å². The van der Waals surface area contributed by atoms with Crippen LogP contribution in [0.3, 0.4) is 0 Å². The predicted octanol–water partition coefficient (Wildman–Crippen LogP) is 3.79. The Morgan fingerprint density at radius 3 is 2.57 bits per heavy atom. The summed E-state index contributed by atoms with van der Waals surface area (Å²) in [6.07, 6.45) is 3.02. The molecular weight excluding hydrogens is 386 g/mol. The Labute approximate surface area is 163 Å². The minimum Gasteiger partial charge on any atom is -0.488 e. The Hall–Kier alpha value is -3.65. The Balaban J connectivity index is 1.80. The highest BCUT2D eigenvalue weighted by Gasteiger charge is 2.21. The van der Waals surface area contributed by atoms with Gasteiger partial charge in [0.05, 0.1) is 4.92 Å². The molecule has 3 rings (SSSR count). The lowest BCUT2D eigenvalue weighted by atomic mass is 10.2. The molecule has 0 fully saturated rings. The van der Waals surface area contributed by atoms with Crippen molar-refractivity contribution in [2.45, 2.75) is 6.61 Å². The van der Waals surface area contributed by atoms with Gasteiger partial charge in [0.2, 0.25) is 0 Å². The number of para-hydroxylation sites is 1. The van der Waals surface area contributed by atoms with Gasteiger partial charge in [0, 0.05) is 10.6 Å². The zero-order chi connectivity index (χ0) is 20.1. The van der Waals surface area contributed by atoms with Gasteiger partial charge in [-0.15, -0.1) is 0 Å². The Bertz CT molecular complexity index is 1090. The van der Waals surface area contributed by atoms with E-state index in [1.165, 1.54) is 6.08 Å². The third kappa shape index (κ3) is 4.54. The van der Waals surface area contributed by atoms with E-state index in [1.54, 1.807) is 36.4 Å². The van der Waals surface area contributed by atoms with Gasteiger partial charge in [0.15, 0.2) is 0 Å². The van der Waals surface area contributed by atoms with Crippen molar-refractivity contribution < 1.29 is 14.8 Å². The summed E-state index contributed by atoms with van der Waals surface area (Å²) in [5.74, 6) is -0.386. The van der Waals surface area contributed by atoms with E-state index < -0.39 is 22.0 Å². The first-order chi connectivity index (χ1) is 13.4. The molecule has 0 saturated heterocycles. The highest BCUT2D eigenvalue weighted by molar-refractivity contribution is 6.30. The number of halogens is 1. The molecular formula is C19H14ClN3O5.